The van der Waals surface area contributed by atoms with Crippen LogP contribution in [0.1, 0.15) is 17.7 Å². The largest absolute Gasteiger partial charge is 0.409 e. The summed E-state index contributed by atoms with van der Waals surface area (Å²) in [4.78, 5) is 6.43. The molecule has 1 aromatic heterocycles. The number of rotatable bonds is 4. The van der Waals surface area contributed by atoms with Gasteiger partial charge in [0.25, 0.3) is 0 Å². The van der Waals surface area contributed by atoms with Crippen molar-refractivity contribution in [2.75, 3.05) is 20.2 Å². The van der Waals surface area contributed by atoms with Gasteiger partial charge in [0.15, 0.2) is 5.84 Å². The van der Waals surface area contributed by atoms with Crippen LogP contribution < -0.4 is 5.73 Å². The first-order chi connectivity index (χ1) is 8.74. The molecule has 1 saturated heterocycles. The van der Waals surface area contributed by atoms with E-state index in [9.17, 15) is 0 Å². The molecule has 0 saturated carbocycles. The van der Waals surface area contributed by atoms with E-state index < -0.39 is 0 Å². The maximum Gasteiger partial charge on any atom is 0.189 e. The average Bonchev–Trinajstić information content (AvgIpc) is 2.86. The van der Waals surface area contributed by atoms with E-state index in [4.69, 9.17) is 15.7 Å². The quantitative estimate of drug-likeness (QED) is 0.350. The molecule has 3 N–H and O–H groups in total. The summed E-state index contributed by atoms with van der Waals surface area (Å²) < 4.78 is 5.33. The summed E-state index contributed by atoms with van der Waals surface area (Å²) in [6.45, 7) is 2.63. The van der Waals surface area contributed by atoms with Crippen molar-refractivity contribution in [1.82, 2.24) is 9.88 Å². The number of ether oxygens (including phenoxy) is 1. The van der Waals surface area contributed by atoms with Crippen molar-refractivity contribution in [1.29, 1.82) is 0 Å². The molecule has 2 rings (SSSR count). The summed E-state index contributed by atoms with van der Waals surface area (Å²) in [6, 6.07) is 3.80. The minimum Gasteiger partial charge on any atom is -0.409 e. The van der Waals surface area contributed by atoms with E-state index in [1.807, 2.05) is 12.1 Å². The number of pyridine rings is 1. The lowest BCUT2D eigenvalue weighted by molar-refractivity contribution is 0.107. The van der Waals surface area contributed by atoms with Gasteiger partial charge >= 0.3 is 0 Å². The topological polar surface area (TPSA) is 84.0 Å². The monoisotopic (exact) mass is 250 g/mol. The first-order valence-electron chi connectivity index (χ1n) is 5.91. The molecule has 0 aliphatic carbocycles. The maximum absolute atomic E-state index is 8.74. The second kappa shape index (κ2) is 5.79. The zero-order valence-electron chi connectivity index (χ0n) is 10.4. The van der Waals surface area contributed by atoms with Crippen molar-refractivity contribution in [2.45, 2.75) is 19.1 Å². The molecule has 2 heterocycles. The minimum absolute atomic E-state index is 0.0492. The van der Waals surface area contributed by atoms with Crippen LogP contribution in [0.4, 0.5) is 0 Å². The summed E-state index contributed by atoms with van der Waals surface area (Å²) in [6.07, 6.45) is 2.98. The van der Waals surface area contributed by atoms with Crippen molar-refractivity contribution >= 4 is 5.84 Å². The van der Waals surface area contributed by atoms with Gasteiger partial charge < -0.3 is 15.7 Å². The third kappa shape index (κ3) is 2.77. The SMILES string of the molecule is COC1CCN(Cc2cccnc2/C(N)=N/O)C1. The van der Waals surface area contributed by atoms with E-state index in [0.717, 1.165) is 31.6 Å². The number of amidine groups is 1. The lowest BCUT2D eigenvalue weighted by atomic mass is 10.1. The molecule has 1 atom stereocenters. The van der Waals surface area contributed by atoms with E-state index in [2.05, 4.69) is 15.0 Å². The average molecular weight is 250 g/mol. The number of nitrogens with two attached hydrogens (primary N) is 1. The van der Waals surface area contributed by atoms with Crippen LogP contribution in [0, 0.1) is 0 Å². The number of hydrogen-bond acceptors (Lipinski definition) is 5. The molecular formula is C12H18N4O2. The van der Waals surface area contributed by atoms with Crippen LogP contribution in [-0.4, -0.2) is 47.2 Å². The molecule has 1 aliphatic rings. The van der Waals surface area contributed by atoms with E-state index in [1.54, 1.807) is 13.3 Å². The predicted octanol–water partition coefficient (Wildman–Crippen LogP) is 0.397. The van der Waals surface area contributed by atoms with Crippen LogP contribution in [0.15, 0.2) is 23.5 Å². The molecule has 1 fully saturated rings. The van der Waals surface area contributed by atoms with Crippen molar-refractivity contribution in [3.63, 3.8) is 0 Å². The molecule has 0 spiro atoms. The zero-order chi connectivity index (χ0) is 13.0. The highest BCUT2D eigenvalue weighted by molar-refractivity contribution is 5.96. The lowest BCUT2D eigenvalue weighted by Crippen LogP contribution is -2.25. The summed E-state index contributed by atoms with van der Waals surface area (Å²) in [7, 11) is 1.74. The molecular weight excluding hydrogens is 232 g/mol. The van der Waals surface area contributed by atoms with Crippen LogP contribution in [-0.2, 0) is 11.3 Å². The van der Waals surface area contributed by atoms with Gasteiger partial charge in [-0.15, -0.1) is 0 Å². The lowest BCUT2D eigenvalue weighted by Gasteiger charge is -2.17. The molecule has 6 nitrogen and oxygen atoms in total. The van der Waals surface area contributed by atoms with E-state index in [-0.39, 0.29) is 5.84 Å². The number of hydrogen-bond donors (Lipinski definition) is 2. The van der Waals surface area contributed by atoms with E-state index in [0.29, 0.717) is 11.8 Å². The van der Waals surface area contributed by atoms with Crippen LogP contribution in [0.3, 0.4) is 0 Å². The fourth-order valence-corrected chi connectivity index (χ4v) is 2.22. The summed E-state index contributed by atoms with van der Waals surface area (Å²) in [5, 5.41) is 11.8. The summed E-state index contributed by atoms with van der Waals surface area (Å²) in [5.74, 6) is 0.0492. The number of nitrogens with zero attached hydrogens (tertiary/aromatic N) is 3. The zero-order valence-corrected chi connectivity index (χ0v) is 10.4. The second-order valence-electron chi connectivity index (χ2n) is 4.38. The highest BCUT2D eigenvalue weighted by Crippen LogP contribution is 2.16. The Balaban J connectivity index is 2.10. The molecule has 98 valence electrons. The van der Waals surface area contributed by atoms with Gasteiger partial charge in [-0.3, -0.25) is 9.88 Å². The Labute approximate surface area is 106 Å². The first-order valence-corrected chi connectivity index (χ1v) is 5.91. The molecule has 0 aromatic carbocycles. The Bertz CT molecular complexity index is 436. The Kier molecular flexibility index (Phi) is 4.11. The summed E-state index contributed by atoms with van der Waals surface area (Å²) in [5.41, 5.74) is 7.12. The molecule has 18 heavy (non-hydrogen) atoms. The third-order valence-corrected chi connectivity index (χ3v) is 3.20. The third-order valence-electron chi connectivity index (χ3n) is 3.20. The number of aromatic nitrogens is 1. The Morgan fingerprint density at radius 3 is 3.22 bits per heavy atom. The second-order valence-corrected chi connectivity index (χ2v) is 4.38. The molecule has 0 radical (unpaired) electrons. The van der Waals surface area contributed by atoms with Gasteiger partial charge in [-0.1, -0.05) is 11.2 Å². The Hall–Kier alpha value is -1.66. The highest BCUT2D eigenvalue weighted by Gasteiger charge is 2.23. The normalized spacial score (nSPS) is 21.4. The van der Waals surface area contributed by atoms with E-state index in [1.165, 1.54) is 0 Å². The molecule has 1 aromatic rings. The predicted molar refractivity (Wildman–Crippen MR) is 67.4 cm³/mol. The Morgan fingerprint density at radius 1 is 1.72 bits per heavy atom. The van der Waals surface area contributed by atoms with Crippen LogP contribution in [0.2, 0.25) is 0 Å². The van der Waals surface area contributed by atoms with Crippen LogP contribution >= 0.6 is 0 Å². The molecule has 0 amide bonds. The summed E-state index contributed by atoms with van der Waals surface area (Å²) >= 11 is 0. The fourth-order valence-electron chi connectivity index (χ4n) is 2.22. The molecule has 6 heteroatoms. The van der Waals surface area contributed by atoms with Gasteiger partial charge in [0.1, 0.15) is 5.69 Å². The Morgan fingerprint density at radius 2 is 2.56 bits per heavy atom. The standard InChI is InChI=1S/C12H18N4O2/c1-18-10-4-6-16(8-10)7-9-3-2-5-14-11(9)12(13)15-17/h2-3,5,10,17H,4,6-8H2,1H3,(H2,13,15). The van der Waals surface area contributed by atoms with Crippen LogP contribution in [0.25, 0.3) is 0 Å². The highest BCUT2D eigenvalue weighted by atomic mass is 16.5. The number of methoxy groups -OCH3 is 1. The van der Waals surface area contributed by atoms with Crippen molar-refractivity contribution in [3.8, 4) is 0 Å². The first kappa shape index (κ1) is 12.8. The smallest absolute Gasteiger partial charge is 0.189 e. The fraction of sp³-hybridized carbons (Fsp3) is 0.500. The van der Waals surface area contributed by atoms with Gasteiger partial charge in [0.05, 0.1) is 6.10 Å². The minimum atomic E-state index is 0.0492. The molecule has 0 bridgehead atoms. The van der Waals surface area contributed by atoms with Crippen molar-refractivity contribution in [3.05, 3.63) is 29.6 Å². The molecule has 1 unspecified atom stereocenters. The number of oxime groups is 1. The van der Waals surface area contributed by atoms with E-state index >= 15 is 0 Å². The van der Waals surface area contributed by atoms with Gasteiger partial charge in [0.2, 0.25) is 0 Å². The van der Waals surface area contributed by atoms with Crippen LogP contribution in [0.5, 0.6) is 0 Å². The number of likely N-dealkylation sites (tertiary alicyclic amines) is 1. The van der Waals surface area contributed by atoms with Gasteiger partial charge in [-0.2, -0.15) is 0 Å². The van der Waals surface area contributed by atoms with Gasteiger partial charge in [0, 0.05) is 32.9 Å². The van der Waals surface area contributed by atoms with Crippen molar-refractivity contribution < 1.29 is 9.94 Å². The van der Waals surface area contributed by atoms with Crippen molar-refractivity contribution in [2.24, 2.45) is 10.9 Å². The maximum atomic E-state index is 8.74. The van der Waals surface area contributed by atoms with Gasteiger partial charge in [-0.25, -0.2) is 0 Å². The molecule has 1 aliphatic heterocycles. The van der Waals surface area contributed by atoms with Gasteiger partial charge in [-0.05, 0) is 18.1 Å².